The highest BCUT2D eigenvalue weighted by Gasteiger charge is 2.27. The van der Waals surface area contributed by atoms with E-state index in [4.69, 9.17) is 0 Å². The highest BCUT2D eigenvalue weighted by atomic mass is 16.2. The van der Waals surface area contributed by atoms with Gasteiger partial charge >= 0.3 is 0 Å². The molecule has 130 valence electrons. The zero-order valence-corrected chi connectivity index (χ0v) is 14.4. The molecule has 0 aromatic heterocycles. The summed E-state index contributed by atoms with van der Waals surface area (Å²) >= 11 is 0. The van der Waals surface area contributed by atoms with Gasteiger partial charge < -0.3 is 10.6 Å². The van der Waals surface area contributed by atoms with Gasteiger partial charge in [0.05, 0.1) is 6.04 Å². The van der Waals surface area contributed by atoms with Crippen molar-refractivity contribution in [2.24, 2.45) is 5.92 Å². The Morgan fingerprint density at radius 2 is 1.87 bits per heavy atom. The molecule has 1 saturated carbocycles. The molecule has 2 rings (SSSR count). The third-order valence-corrected chi connectivity index (χ3v) is 5.19. The quantitative estimate of drug-likeness (QED) is 0.703. The van der Waals surface area contributed by atoms with Crippen LogP contribution < -0.4 is 10.6 Å². The van der Waals surface area contributed by atoms with E-state index in [9.17, 15) is 9.59 Å². The Morgan fingerprint density at radius 1 is 1.22 bits per heavy atom. The lowest BCUT2D eigenvalue weighted by molar-refractivity contribution is -0.127. The predicted molar refractivity (Wildman–Crippen MR) is 92.0 cm³/mol. The summed E-state index contributed by atoms with van der Waals surface area (Å²) in [6.07, 6.45) is 9.22. The first-order valence-corrected chi connectivity index (χ1v) is 9.02. The summed E-state index contributed by atoms with van der Waals surface area (Å²) in [5.74, 6) is 0.865. The lowest BCUT2D eigenvalue weighted by Gasteiger charge is -2.35. The maximum absolute atomic E-state index is 12.1. The van der Waals surface area contributed by atoms with Gasteiger partial charge in [0.25, 0.3) is 0 Å². The third kappa shape index (κ3) is 5.65. The standard InChI is InChI=1S/C18H31N3O2/c1-3-10-19-18(23)14(2)21-11-8-16(9-12-21)20-17(22)13-15-6-4-5-7-15/h3,14-16H,1,4-13H2,2H3,(H,19,23)(H,20,22)/t14-/m0/s1. The summed E-state index contributed by atoms with van der Waals surface area (Å²) in [4.78, 5) is 26.3. The van der Waals surface area contributed by atoms with E-state index in [1.54, 1.807) is 6.08 Å². The van der Waals surface area contributed by atoms with Crippen LogP contribution in [0.4, 0.5) is 0 Å². The summed E-state index contributed by atoms with van der Waals surface area (Å²) in [6.45, 7) is 7.78. The first kappa shape index (κ1) is 18.0. The number of hydrogen-bond donors (Lipinski definition) is 2. The van der Waals surface area contributed by atoms with Gasteiger partial charge in [0.1, 0.15) is 0 Å². The van der Waals surface area contributed by atoms with Crippen molar-refractivity contribution in [2.45, 2.75) is 64.0 Å². The van der Waals surface area contributed by atoms with Gasteiger partial charge in [0.2, 0.25) is 11.8 Å². The Balaban J connectivity index is 1.67. The van der Waals surface area contributed by atoms with Crippen LogP contribution in [0.3, 0.4) is 0 Å². The molecule has 1 aliphatic heterocycles. The van der Waals surface area contributed by atoms with Crippen LogP contribution in [-0.2, 0) is 9.59 Å². The second-order valence-electron chi connectivity index (χ2n) is 6.94. The van der Waals surface area contributed by atoms with Crippen LogP contribution in [-0.4, -0.2) is 48.4 Å². The molecule has 23 heavy (non-hydrogen) atoms. The Hall–Kier alpha value is -1.36. The Bertz CT molecular complexity index is 410. The van der Waals surface area contributed by atoms with E-state index in [1.165, 1.54) is 25.7 Å². The molecule has 2 amide bonds. The van der Waals surface area contributed by atoms with Gasteiger partial charge in [-0.05, 0) is 38.5 Å². The van der Waals surface area contributed by atoms with Crippen molar-refractivity contribution in [1.82, 2.24) is 15.5 Å². The first-order chi connectivity index (χ1) is 11.1. The van der Waals surface area contributed by atoms with Crippen molar-refractivity contribution >= 4 is 11.8 Å². The Kier molecular flexibility index (Phi) is 7.09. The number of nitrogens with one attached hydrogen (secondary N) is 2. The topological polar surface area (TPSA) is 61.4 Å². The molecule has 0 spiro atoms. The minimum Gasteiger partial charge on any atom is -0.353 e. The molecular weight excluding hydrogens is 290 g/mol. The minimum absolute atomic E-state index is 0.0496. The lowest BCUT2D eigenvalue weighted by Crippen LogP contribution is -2.51. The Labute approximate surface area is 139 Å². The highest BCUT2D eigenvalue weighted by molar-refractivity contribution is 5.81. The summed E-state index contributed by atoms with van der Waals surface area (Å²) in [6, 6.07) is 0.147. The van der Waals surface area contributed by atoms with Crippen LogP contribution in [0.2, 0.25) is 0 Å². The molecule has 2 N–H and O–H groups in total. The van der Waals surface area contributed by atoms with Gasteiger partial charge in [0.15, 0.2) is 0 Å². The zero-order chi connectivity index (χ0) is 16.7. The number of nitrogens with zero attached hydrogens (tertiary/aromatic N) is 1. The second kappa shape index (κ2) is 9.06. The molecule has 5 nitrogen and oxygen atoms in total. The largest absolute Gasteiger partial charge is 0.353 e. The van der Waals surface area contributed by atoms with E-state index in [0.29, 0.717) is 18.9 Å². The van der Waals surface area contributed by atoms with Gasteiger partial charge in [0, 0.05) is 32.1 Å². The minimum atomic E-state index is -0.120. The van der Waals surface area contributed by atoms with Crippen LogP contribution in [0.15, 0.2) is 12.7 Å². The zero-order valence-electron chi connectivity index (χ0n) is 14.4. The molecule has 0 unspecified atom stereocenters. The number of amides is 2. The number of rotatable bonds is 7. The molecule has 1 atom stereocenters. The molecule has 1 aliphatic carbocycles. The van der Waals surface area contributed by atoms with Gasteiger partial charge in [-0.15, -0.1) is 6.58 Å². The molecule has 1 heterocycles. The van der Waals surface area contributed by atoms with E-state index < -0.39 is 0 Å². The van der Waals surface area contributed by atoms with Crippen molar-refractivity contribution in [3.05, 3.63) is 12.7 Å². The van der Waals surface area contributed by atoms with Gasteiger partial charge in [-0.25, -0.2) is 0 Å². The summed E-state index contributed by atoms with van der Waals surface area (Å²) in [5.41, 5.74) is 0. The van der Waals surface area contributed by atoms with Gasteiger partial charge in [-0.1, -0.05) is 18.9 Å². The van der Waals surface area contributed by atoms with Crippen molar-refractivity contribution in [1.29, 1.82) is 0 Å². The monoisotopic (exact) mass is 321 g/mol. The summed E-state index contributed by atoms with van der Waals surface area (Å²) < 4.78 is 0. The first-order valence-electron chi connectivity index (χ1n) is 9.02. The molecule has 0 bridgehead atoms. The molecule has 0 radical (unpaired) electrons. The molecule has 0 aromatic carbocycles. The maximum Gasteiger partial charge on any atom is 0.237 e. The average molecular weight is 321 g/mol. The molecule has 1 saturated heterocycles. The normalized spacial score (nSPS) is 21.8. The molecule has 2 fully saturated rings. The van der Waals surface area contributed by atoms with Crippen LogP contribution in [0, 0.1) is 5.92 Å². The number of piperidine rings is 1. The third-order valence-electron chi connectivity index (χ3n) is 5.19. The summed E-state index contributed by atoms with van der Waals surface area (Å²) in [7, 11) is 0. The Morgan fingerprint density at radius 3 is 2.48 bits per heavy atom. The van der Waals surface area contributed by atoms with Crippen molar-refractivity contribution < 1.29 is 9.59 Å². The predicted octanol–water partition coefficient (Wildman–Crippen LogP) is 1.84. The van der Waals surface area contributed by atoms with Crippen LogP contribution in [0.25, 0.3) is 0 Å². The van der Waals surface area contributed by atoms with Crippen molar-refractivity contribution in [3.63, 3.8) is 0 Å². The smallest absolute Gasteiger partial charge is 0.237 e. The van der Waals surface area contributed by atoms with Gasteiger partial charge in [-0.3, -0.25) is 14.5 Å². The van der Waals surface area contributed by atoms with E-state index >= 15 is 0 Å². The van der Waals surface area contributed by atoms with Crippen LogP contribution >= 0.6 is 0 Å². The van der Waals surface area contributed by atoms with E-state index in [-0.39, 0.29) is 23.9 Å². The number of carbonyl (C=O) groups is 2. The fourth-order valence-corrected chi connectivity index (χ4v) is 3.68. The van der Waals surface area contributed by atoms with E-state index in [0.717, 1.165) is 25.9 Å². The second-order valence-corrected chi connectivity index (χ2v) is 6.94. The average Bonchev–Trinajstić information content (AvgIpc) is 3.05. The van der Waals surface area contributed by atoms with Crippen LogP contribution in [0.1, 0.15) is 51.9 Å². The number of likely N-dealkylation sites (tertiary alicyclic amines) is 1. The summed E-state index contributed by atoms with van der Waals surface area (Å²) in [5, 5.41) is 6.03. The molecule has 2 aliphatic rings. The van der Waals surface area contributed by atoms with E-state index in [1.807, 2.05) is 6.92 Å². The van der Waals surface area contributed by atoms with E-state index in [2.05, 4.69) is 22.1 Å². The lowest BCUT2D eigenvalue weighted by atomic mass is 10.0. The SMILES string of the molecule is C=CCNC(=O)[C@H](C)N1CCC(NC(=O)CC2CCCC2)CC1. The van der Waals surface area contributed by atoms with Crippen LogP contribution in [0.5, 0.6) is 0 Å². The number of carbonyl (C=O) groups excluding carboxylic acids is 2. The van der Waals surface area contributed by atoms with Gasteiger partial charge in [-0.2, -0.15) is 0 Å². The molecular formula is C18H31N3O2. The fraction of sp³-hybridized carbons (Fsp3) is 0.778. The number of hydrogen-bond acceptors (Lipinski definition) is 3. The van der Waals surface area contributed by atoms with Crippen molar-refractivity contribution in [2.75, 3.05) is 19.6 Å². The fourth-order valence-electron chi connectivity index (χ4n) is 3.68. The highest BCUT2D eigenvalue weighted by Crippen LogP contribution is 2.27. The van der Waals surface area contributed by atoms with Crippen molar-refractivity contribution in [3.8, 4) is 0 Å². The molecule has 5 heteroatoms. The molecule has 0 aromatic rings. The maximum atomic E-state index is 12.1.